The van der Waals surface area contributed by atoms with Crippen LogP contribution in [0, 0.1) is 5.82 Å². The Bertz CT molecular complexity index is 671. The fraction of sp³-hybridized carbons (Fsp3) is 0.533. The van der Waals surface area contributed by atoms with Gasteiger partial charge in [0.1, 0.15) is 12.4 Å². The van der Waals surface area contributed by atoms with Crippen molar-refractivity contribution < 1.29 is 27.4 Å². The van der Waals surface area contributed by atoms with E-state index in [0.717, 1.165) is 16.1 Å². The van der Waals surface area contributed by atoms with Crippen molar-refractivity contribution in [3.63, 3.8) is 0 Å². The Hall–Kier alpha value is -1.26. The maximum atomic E-state index is 12.9. The van der Waals surface area contributed by atoms with Gasteiger partial charge in [-0.2, -0.15) is 4.31 Å². The minimum atomic E-state index is -3.63. The third-order valence-electron chi connectivity index (χ3n) is 3.73. The highest BCUT2D eigenvalue weighted by Crippen LogP contribution is 2.13. The van der Waals surface area contributed by atoms with E-state index in [9.17, 15) is 17.6 Å². The smallest absolute Gasteiger partial charge is 0.318 e. The second kappa shape index (κ2) is 9.44. The molecule has 142 valence electrons. The minimum Gasteiger partial charge on any atom is -0.480 e. The Labute approximate surface area is 152 Å². The van der Waals surface area contributed by atoms with E-state index < -0.39 is 28.6 Å². The summed E-state index contributed by atoms with van der Waals surface area (Å²) in [6, 6.07) is 6.19. The van der Waals surface area contributed by atoms with Gasteiger partial charge < -0.3 is 9.84 Å². The number of carbonyl (C=O) groups is 1. The normalized spacial score (nSPS) is 18.8. The fourth-order valence-corrected chi connectivity index (χ4v) is 3.36. The van der Waals surface area contributed by atoms with Crippen molar-refractivity contribution in [1.82, 2.24) is 9.21 Å². The molecule has 0 amide bonds. The summed E-state index contributed by atoms with van der Waals surface area (Å²) in [6.07, 6.45) is 0.572. The van der Waals surface area contributed by atoms with Gasteiger partial charge in [-0.05, 0) is 17.7 Å². The number of morpholine rings is 1. The first-order chi connectivity index (χ1) is 11.2. The first kappa shape index (κ1) is 21.8. The van der Waals surface area contributed by atoms with E-state index in [1.54, 1.807) is 12.1 Å². The largest absolute Gasteiger partial charge is 0.480 e. The van der Waals surface area contributed by atoms with Crippen LogP contribution in [0.5, 0.6) is 0 Å². The molecule has 1 aliphatic rings. The number of rotatable bonds is 7. The van der Waals surface area contributed by atoms with Gasteiger partial charge in [-0.3, -0.25) is 9.69 Å². The second-order valence-corrected chi connectivity index (χ2v) is 7.79. The number of hydrogen-bond acceptors (Lipinski definition) is 5. The Morgan fingerprint density at radius 3 is 2.60 bits per heavy atom. The molecule has 1 saturated heterocycles. The lowest BCUT2D eigenvalue weighted by atomic mass is 10.2. The molecule has 0 saturated carbocycles. The molecular weight excluding hydrogens is 375 g/mol. The third-order valence-corrected chi connectivity index (χ3v) is 4.95. The number of hydrogen-bond donors (Lipinski definition) is 1. The molecular formula is C15H22ClFN2O5S. The molecule has 1 aliphatic heterocycles. The molecule has 1 N–H and O–H groups in total. The summed E-state index contributed by atoms with van der Waals surface area (Å²) in [5, 5.41) is 8.86. The minimum absolute atomic E-state index is 0. The van der Waals surface area contributed by atoms with Crippen LogP contribution in [0.4, 0.5) is 4.39 Å². The van der Waals surface area contributed by atoms with Crippen molar-refractivity contribution in [2.75, 3.05) is 39.0 Å². The summed E-state index contributed by atoms with van der Waals surface area (Å²) in [6.45, 7) is 1.57. The number of ether oxygens (including phenoxy) is 1. The SMILES string of the molecule is CS(=O)(=O)N(CC(=O)O)CC1CN(Cc2ccc(F)cc2)CCO1.Cl. The van der Waals surface area contributed by atoms with E-state index in [1.807, 2.05) is 0 Å². The van der Waals surface area contributed by atoms with Crippen LogP contribution >= 0.6 is 12.4 Å². The predicted octanol–water partition coefficient (Wildman–Crippen LogP) is 0.795. The molecule has 0 aliphatic carbocycles. The van der Waals surface area contributed by atoms with Crippen LogP contribution in [0.1, 0.15) is 5.56 Å². The van der Waals surface area contributed by atoms with Gasteiger partial charge in [-0.25, -0.2) is 12.8 Å². The summed E-state index contributed by atoms with van der Waals surface area (Å²) in [4.78, 5) is 12.9. The van der Waals surface area contributed by atoms with Crippen molar-refractivity contribution in [1.29, 1.82) is 0 Å². The number of nitrogens with zero attached hydrogens (tertiary/aromatic N) is 2. The van der Waals surface area contributed by atoms with Crippen molar-refractivity contribution >= 4 is 28.4 Å². The number of sulfonamides is 1. The number of halogens is 2. The molecule has 7 nitrogen and oxygen atoms in total. The van der Waals surface area contributed by atoms with Gasteiger partial charge in [0.15, 0.2) is 0 Å². The topological polar surface area (TPSA) is 87.2 Å². The van der Waals surface area contributed by atoms with Gasteiger partial charge in [0, 0.05) is 26.2 Å². The molecule has 1 unspecified atom stereocenters. The zero-order chi connectivity index (χ0) is 17.7. The number of carboxylic acids is 1. The molecule has 1 aromatic rings. The van der Waals surface area contributed by atoms with Crippen molar-refractivity contribution in [3.05, 3.63) is 35.6 Å². The number of aliphatic carboxylic acids is 1. The first-order valence-corrected chi connectivity index (χ1v) is 9.34. The summed E-state index contributed by atoms with van der Waals surface area (Å²) in [5.41, 5.74) is 0.947. The zero-order valence-corrected chi connectivity index (χ0v) is 15.4. The summed E-state index contributed by atoms with van der Waals surface area (Å²) in [7, 11) is -3.63. The summed E-state index contributed by atoms with van der Waals surface area (Å²) >= 11 is 0. The molecule has 0 spiro atoms. The molecule has 1 aromatic carbocycles. The van der Waals surface area contributed by atoms with Crippen molar-refractivity contribution in [2.24, 2.45) is 0 Å². The van der Waals surface area contributed by atoms with Gasteiger partial charge in [-0.15, -0.1) is 12.4 Å². The molecule has 10 heteroatoms. The van der Waals surface area contributed by atoms with Gasteiger partial charge >= 0.3 is 5.97 Å². The number of benzene rings is 1. The molecule has 1 fully saturated rings. The van der Waals surface area contributed by atoms with Gasteiger partial charge in [0.25, 0.3) is 0 Å². The Morgan fingerprint density at radius 1 is 1.40 bits per heavy atom. The second-order valence-electron chi connectivity index (χ2n) is 5.80. The van der Waals surface area contributed by atoms with Gasteiger partial charge in [0.2, 0.25) is 10.0 Å². The predicted molar refractivity (Wildman–Crippen MR) is 92.7 cm³/mol. The van der Waals surface area contributed by atoms with Crippen molar-refractivity contribution in [2.45, 2.75) is 12.6 Å². The van der Waals surface area contributed by atoms with Gasteiger partial charge in [-0.1, -0.05) is 12.1 Å². The standard InChI is InChI=1S/C15H21FN2O5S.ClH/c1-24(21,22)18(11-15(19)20)10-14-9-17(6-7-23-14)8-12-2-4-13(16)5-3-12;/h2-5,14H,6-11H2,1H3,(H,19,20);1H. The maximum Gasteiger partial charge on any atom is 0.318 e. The Morgan fingerprint density at radius 2 is 2.04 bits per heavy atom. The molecule has 2 rings (SSSR count). The summed E-state index contributed by atoms with van der Waals surface area (Å²) < 4.78 is 42.8. The van der Waals surface area contributed by atoms with Crippen LogP contribution in [-0.4, -0.2) is 73.8 Å². The van der Waals surface area contributed by atoms with Crippen LogP contribution < -0.4 is 0 Å². The van der Waals surface area contributed by atoms with E-state index in [2.05, 4.69) is 4.90 Å². The molecule has 0 aromatic heterocycles. The van der Waals surface area contributed by atoms with E-state index in [1.165, 1.54) is 12.1 Å². The van der Waals surface area contributed by atoms with E-state index >= 15 is 0 Å². The number of carboxylic acid groups (broad SMARTS) is 1. The highest BCUT2D eigenvalue weighted by Gasteiger charge is 2.28. The highest BCUT2D eigenvalue weighted by atomic mass is 35.5. The maximum absolute atomic E-state index is 12.9. The quantitative estimate of drug-likeness (QED) is 0.733. The lowest BCUT2D eigenvalue weighted by Gasteiger charge is -2.34. The monoisotopic (exact) mass is 396 g/mol. The first-order valence-electron chi connectivity index (χ1n) is 7.49. The molecule has 0 radical (unpaired) electrons. The van der Waals surface area contributed by atoms with Crippen LogP contribution in [0.2, 0.25) is 0 Å². The van der Waals surface area contributed by atoms with Crippen LogP contribution in [-0.2, 0) is 26.1 Å². The van der Waals surface area contributed by atoms with Crippen LogP contribution in [0.3, 0.4) is 0 Å². The Kier molecular flexibility index (Phi) is 8.23. The average Bonchev–Trinajstić information content (AvgIpc) is 2.48. The van der Waals surface area contributed by atoms with E-state index in [0.29, 0.717) is 26.2 Å². The Balaban J connectivity index is 0.00000312. The third kappa shape index (κ3) is 7.25. The van der Waals surface area contributed by atoms with Gasteiger partial charge in [0.05, 0.1) is 19.0 Å². The fourth-order valence-electron chi connectivity index (χ4n) is 2.58. The molecule has 1 heterocycles. The molecule has 0 bridgehead atoms. The lowest BCUT2D eigenvalue weighted by Crippen LogP contribution is -2.49. The van der Waals surface area contributed by atoms with Crippen molar-refractivity contribution in [3.8, 4) is 0 Å². The molecule has 25 heavy (non-hydrogen) atoms. The van der Waals surface area contributed by atoms with Crippen LogP contribution in [0.15, 0.2) is 24.3 Å². The summed E-state index contributed by atoms with van der Waals surface area (Å²) in [5.74, 6) is -1.50. The average molecular weight is 397 g/mol. The van der Waals surface area contributed by atoms with Crippen LogP contribution in [0.25, 0.3) is 0 Å². The lowest BCUT2D eigenvalue weighted by molar-refractivity contribution is -0.137. The zero-order valence-electron chi connectivity index (χ0n) is 13.8. The highest BCUT2D eigenvalue weighted by molar-refractivity contribution is 7.88. The van der Waals surface area contributed by atoms with E-state index in [4.69, 9.17) is 9.84 Å². The molecule has 1 atom stereocenters. The van der Waals surface area contributed by atoms with E-state index in [-0.39, 0.29) is 24.8 Å².